The van der Waals surface area contributed by atoms with E-state index in [1.54, 1.807) is 0 Å². The van der Waals surface area contributed by atoms with Gasteiger partial charge in [-0.3, -0.25) is 0 Å². The van der Waals surface area contributed by atoms with Gasteiger partial charge < -0.3 is 9.47 Å². The first-order valence-corrected chi connectivity index (χ1v) is 3.42. The quantitative estimate of drug-likeness (QED) is 0.366. The van der Waals surface area contributed by atoms with Crippen LogP contribution in [0.15, 0.2) is 0 Å². The molecule has 0 N–H and O–H groups in total. The van der Waals surface area contributed by atoms with Crippen molar-refractivity contribution in [3.05, 3.63) is 0 Å². The Morgan fingerprint density at radius 2 is 1.60 bits per heavy atom. The van der Waals surface area contributed by atoms with E-state index in [4.69, 9.17) is 32.7 Å². The second kappa shape index (κ2) is 5.82. The molecular formula is C6H8Cl2O2. The average molecular weight is 183 g/mol. The van der Waals surface area contributed by atoms with Crippen LogP contribution < -0.4 is 0 Å². The molecule has 4 heteroatoms. The smallest absolute Gasteiger partial charge is 0.221 e. The van der Waals surface area contributed by atoms with Crippen LogP contribution in [0.1, 0.15) is 0 Å². The molecule has 0 bridgehead atoms. The standard InChI is InChI=1S/C6H8Cl2O2/c1-9-6(10-2)4-3-5(7)8/h5-6H,1-2H3. The minimum absolute atomic E-state index is 0.542. The van der Waals surface area contributed by atoms with Gasteiger partial charge in [0, 0.05) is 14.2 Å². The molecule has 0 aromatic rings. The third kappa shape index (κ3) is 4.89. The van der Waals surface area contributed by atoms with Crippen LogP contribution in [-0.2, 0) is 9.47 Å². The van der Waals surface area contributed by atoms with Crippen LogP contribution in [0.4, 0.5) is 0 Å². The summed E-state index contributed by atoms with van der Waals surface area (Å²) < 4.78 is 9.47. The summed E-state index contributed by atoms with van der Waals surface area (Å²) in [4.78, 5) is -0.687. The lowest BCUT2D eigenvalue weighted by molar-refractivity contribution is -0.0595. The Morgan fingerprint density at radius 1 is 1.10 bits per heavy atom. The molecule has 0 aliphatic carbocycles. The van der Waals surface area contributed by atoms with E-state index in [1.807, 2.05) is 0 Å². The van der Waals surface area contributed by atoms with Crippen LogP contribution in [0.5, 0.6) is 0 Å². The summed E-state index contributed by atoms with van der Waals surface area (Å²) in [5.41, 5.74) is 0. The van der Waals surface area contributed by atoms with Gasteiger partial charge in [-0.15, -0.1) is 0 Å². The van der Waals surface area contributed by atoms with E-state index < -0.39 is 11.1 Å². The van der Waals surface area contributed by atoms with Crippen molar-refractivity contribution in [3.63, 3.8) is 0 Å². The molecule has 0 atom stereocenters. The first-order chi connectivity index (χ1) is 4.70. The molecule has 0 fully saturated rings. The molecule has 0 aliphatic heterocycles. The fraction of sp³-hybridized carbons (Fsp3) is 0.667. The Bertz CT molecular complexity index is 132. The number of hydrogen-bond donors (Lipinski definition) is 0. The molecule has 0 amide bonds. The predicted molar refractivity (Wildman–Crippen MR) is 41.1 cm³/mol. The molecule has 0 radical (unpaired) electrons. The minimum Gasteiger partial charge on any atom is -0.345 e. The Balaban J connectivity index is 3.74. The van der Waals surface area contributed by atoms with Crippen LogP contribution in [-0.4, -0.2) is 25.3 Å². The second-order valence-electron chi connectivity index (χ2n) is 1.39. The third-order valence-electron chi connectivity index (χ3n) is 0.738. The van der Waals surface area contributed by atoms with Gasteiger partial charge in [-0.25, -0.2) is 0 Å². The molecule has 0 unspecified atom stereocenters. The van der Waals surface area contributed by atoms with E-state index in [0.29, 0.717) is 0 Å². The fourth-order valence-electron chi connectivity index (χ4n) is 0.345. The molecule has 0 aromatic carbocycles. The normalized spacial score (nSPS) is 9.80. The largest absolute Gasteiger partial charge is 0.345 e. The highest BCUT2D eigenvalue weighted by Crippen LogP contribution is 1.98. The Hall–Kier alpha value is 0.0600. The van der Waals surface area contributed by atoms with Gasteiger partial charge in [0.1, 0.15) is 0 Å². The maximum absolute atomic E-state index is 5.32. The van der Waals surface area contributed by atoms with E-state index in [2.05, 4.69) is 11.8 Å². The van der Waals surface area contributed by atoms with Gasteiger partial charge >= 0.3 is 0 Å². The number of alkyl halides is 2. The minimum atomic E-state index is -0.687. The topological polar surface area (TPSA) is 18.5 Å². The van der Waals surface area contributed by atoms with Crippen molar-refractivity contribution in [1.29, 1.82) is 0 Å². The number of methoxy groups -OCH3 is 2. The second-order valence-corrected chi connectivity index (χ2v) is 2.49. The molecular weight excluding hydrogens is 175 g/mol. The zero-order chi connectivity index (χ0) is 7.98. The summed E-state index contributed by atoms with van der Waals surface area (Å²) in [7, 11) is 2.97. The highest BCUT2D eigenvalue weighted by molar-refractivity contribution is 6.46. The van der Waals surface area contributed by atoms with E-state index in [1.165, 1.54) is 14.2 Å². The maximum Gasteiger partial charge on any atom is 0.221 e. The van der Waals surface area contributed by atoms with Crippen molar-refractivity contribution in [2.75, 3.05) is 14.2 Å². The molecule has 0 spiro atoms. The first-order valence-electron chi connectivity index (χ1n) is 2.55. The number of halogens is 2. The lowest BCUT2D eigenvalue weighted by Gasteiger charge is -2.03. The first kappa shape index (κ1) is 10.1. The highest BCUT2D eigenvalue weighted by Gasteiger charge is 1.97. The lowest BCUT2D eigenvalue weighted by Crippen LogP contribution is -2.09. The summed E-state index contributed by atoms with van der Waals surface area (Å²) in [5, 5.41) is 0. The van der Waals surface area contributed by atoms with Crippen LogP contribution in [0.2, 0.25) is 0 Å². The lowest BCUT2D eigenvalue weighted by atomic mass is 10.6. The highest BCUT2D eigenvalue weighted by atomic mass is 35.5. The number of hydrogen-bond acceptors (Lipinski definition) is 2. The predicted octanol–water partition coefficient (Wildman–Crippen LogP) is 1.41. The van der Waals surface area contributed by atoms with Crippen LogP contribution in [0, 0.1) is 11.8 Å². The van der Waals surface area contributed by atoms with Gasteiger partial charge in [-0.1, -0.05) is 29.1 Å². The Morgan fingerprint density at radius 3 is 1.90 bits per heavy atom. The van der Waals surface area contributed by atoms with Crippen LogP contribution >= 0.6 is 23.2 Å². The van der Waals surface area contributed by atoms with Gasteiger partial charge in [-0.05, 0) is 5.92 Å². The summed E-state index contributed by atoms with van der Waals surface area (Å²) >= 11 is 10.6. The van der Waals surface area contributed by atoms with Gasteiger partial charge in [-0.2, -0.15) is 0 Å². The molecule has 58 valence electrons. The van der Waals surface area contributed by atoms with Gasteiger partial charge in [0.25, 0.3) is 0 Å². The molecule has 0 aliphatic rings. The third-order valence-corrected chi connectivity index (χ3v) is 0.957. The van der Waals surface area contributed by atoms with Crippen LogP contribution in [0.3, 0.4) is 0 Å². The number of ether oxygens (including phenoxy) is 2. The fourth-order valence-corrected chi connectivity index (χ4v) is 0.471. The van der Waals surface area contributed by atoms with Gasteiger partial charge in [0.2, 0.25) is 6.29 Å². The molecule has 0 saturated heterocycles. The molecule has 0 heterocycles. The summed E-state index contributed by atoms with van der Waals surface area (Å²) in [6.45, 7) is 0. The zero-order valence-electron chi connectivity index (χ0n) is 5.73. The van der Waals surface area contributed by atoms with E-state index in [9.17, 15) is 0 Å². The molecule has 0 saturated carbocycles. The maximum atomic E-state index is 5.32. The summed E-state index contributed by atoms with van der Waals surface area (Å²) in [5.74, 6) is 5.04. The molecule has 0 rings (SSSR count). The average Bonchev–Trinajstić information content (AvgIpc) is 1.90. The SMILES string of the molecule is COC(C#CC(Cl)Cl)OC. The monoisotopic (exact) mass is 182 g/mol. The summed E-state index contributed by atoms with van der Waals surface area (Å²) in [6.07, 6.45) is -0.542. The molecule has 2 nitrogen and oxygen atoms in total. The van der Waals surface area contributed by atoms with E-state index >= 15 is 0 Å². The van der Waals surface area contributed by atoms with Crippen LogP contribution in [0.25, 0.3) is 0 Å². The van der Waals surface area contributed by atoms with Gasteiger partial charge in [0.05, 0.1) is 0 Å². The van der Waals surface area contributed by atoms with Crippen molar-refractivity contribution < 1.29 is 9.47 Å². The van der Waals surface area contributed by atoms with Crippen molar-refractivity contribution in [2.24, 2.45) is 0 Å². The molecule has 10 heavy (non-hydrogen) atoms. The van der Waals surface area contributed by atoms with Crippen molar-refractivity contribution in [1.82, 2.24) is 0 Å². The zero-order valence-corrected chi connectivity index (χ0v) is 7.24. The van der Waals surface area contributed by atoms with Gasteiger partial charge in [0.15, 0.2) is 4.84 Å². The van der Waals surface area contributed by atoms with Crippen molar-refractivity contribution in [2.45, 2.75) is 11.1 Å². The summed E-state index contributed by atoms with van der Waals surface area (Å²) in [6, 6.07) is 0. The van der Waals surface area contributed by atoms with E-state index in [0.717, 1.165) is 0 Å². The Labute approximate surface area is 70.4 Å². The van der Waals surface area contributed by atoms with Crippen molar-refractivity contribution >= 4 is 23.2 Å². The van der Waals surface area contributed by atoms with E-state index in [-0.39, 0.29) is 0 Å². The number of rotatable bonds is 2. The molecule has 0 aromatic heterocycles. The van der Waals surface area contributed by atoms with Crippen molar-refractivity contribution in [3.8, 4) is 11.8 Å². The Kier molecular flexibility index (Phi) is 5.85.